The van der Waals surface area contributed by atoms with Crippen LogP contribution in [0, 0.1) is 23.9 Å². The molecule has 2 radical (unpaired) electrons. The Kier molecular flexibility index (Phi) is 20.4. The fourth-order valence-electron chi connectivity index (χ4n) is 10.4. The van der Waals surface area contributed by atoms with Crippen LogP contribution in [0.3, 0.4) is 0 Å². The van der Waals surface area contributed by atoms with Gasteiger partial charge in [-0.2, -0.15) is 12.1 Å². The average molecular weight is 1080 g/mol. The standard InChI is InChI=1S/2C27H27.C2H4Si.4ClH.2Zr/c2*1-2-27(14-5-6-15-27)19-20-16-23-10-7-11-25(26(23)17-20)24-13-12-21-8-3-4-9-22(21)18-24;1-3-2;;;;;;/h2*3-4,7-13,16-18H,2,5-6,14-15,19H2,1H3;1-2H2;4*1H;;/q2*-1;-2;;;;;2*+4/p-4. The second-order valence-electron chi connectivity index (χ2n) is 17.3. The third kappa shape index (κ3) is 13.2. The van der Waals surface area contributed by atoms with Crippen molar-refractivity contribution in [1.82, 2.24) is 0 Å². The number of halogens is 4. The molecule has 2 aliphatic carbocycles. The van der Waals surface area contributed by atoms with E-state index in [1.165, 1.54) is 154 Å². The van der Waals surface area contributed by atoms with Crippen molar-refractivity contribution in [2.45, 2.75) is 90.9 Å². The van der Waals surface area contributed by atoms with Gasteiger partial charge >= 0.3 is 75.7 Å². The van der Waals surface area contributed by atoms with E-state index in [1.807, 2.05) is 0 Å². The summed E-state index contributed by atoms with van der Waals surface area (Å²) in [7, 11) is 20.3. The van der Waals surface area contributed by atoms with E-state index in [1.54, 1.807) is 0 Å². The molecule has 7 heteroatoms. The summed E-state index contributed by atoms with van der Waals surface area (Å²) in [6, 6.07) is 54.3. The van der Waals surface area contributed by atoms with Crippen LogP contribution in [0.2, 0.25) is 0 Å². The maximum absolute atomic E-state index is 4.93. The zero-order chi connectivity index (χ0) is 44.7. The molecule has 2 fully saturated rings. The topological polar surface area (TPSA) is 0 Å². The van der Waals surface area contributed by atoms with Crippen molar-refractivity contribution in [2.24, 2.45) is 10.8 Å². The summed E-state index contributed by atoms with van der Waals surface area (Å²) in [5, 5.41) is 10.8. The van der Waals surface area contributed by atoms with Gasteiger partial charge in [0.15, 0.2) is 0 Å². The summed E-state index contributed by atoms with van der Waals surface area (Å²) in [5.74, 6) is 0. The molecule has 0 heterocycles. The van der Waals surface area contributed by atoms with Crippen molar-refractivity contribution < 1.29 is 41.7 Å². The SMILES string of the molecule is CCC1(Cc2cc3c(-c4ccc5ccccc5c4)cccc3[cH-]2)CCCC1.CCC1(Cc2cc3c(-c4ccc5ccccc5c4)cccc3[cH-]2)CCCC1.[CH2-][Si][CH2-].[Cl][Zr+2][Cl].[Cl][Zr+2][Cl]. The zero-order valence-electron chi connectivity index (χ0n) is 36.8. The molecule has 322 valence electrons. The number of rotatable bonds is 8. The van der Waals surface area contributed by atoms with Crippen molar-refractivity contribution in [1.29, 1.82) is 0 Å². The molecule has 63 heavy (non-hydrogen) atoms. The molecule has 0 N–H and O–H groups in total. The van der Waals surface area contributed by atoms with E-state index in [-0.39, 0.29) is 0 Å². The minimum absolute atomic E-state index is 0.549. The van der Waals surface area contributed by atoms with Gasteiger partial charge in [-0.25, -0.2) is 0 Å². The Bertz CT molecular complexity index is 2450. The van der Waals surface area contributed by atoms with Gasteiger partial charge in [0.25, 0.3) is 0 Å². The molecule has 0 bridgehead atoms. The first-order chi connectivity index (χ1) is 30.8. The molecule has 0 amide bonds. The van der Waals surface area contributed by atoms with Gasteiger partial charge in [0.05, 0.1) is 0 Å². The number of fused-ring (bicyclic) bond motifs is 4. The molecule has 0 aromatic heterocycles. The summed E-state index contributed by atoms with van der Waals surface area (Å²) < 4.78 is 0. The van der Waals surface area contributed by atoms with Crippen molar-refractivity contribution in [2.75, 3.05) is 0 Å². The van der Waals surface area contributed by atoms with Crippen molar-refractivity contribution in [3.8, 4) is 22.3 Å². The summed E-state index contributed by atoms with van der Waals surface area (Å²) in [6.45, 7) is 11.6. The van der Waals surface area contributed by atoms with E-state index in [0.29, 0.717) is 20.3 Å². The molecule has 2 saturated carbocycles. The van der Waals surface area contributed by atoms with Gasteiger partial charge < -0.3 is 22.6 Å². The second kappa shape index (κ2) is 25.4. The molecule has 0 atom stereocenters. The number of hydrogen-bond acceptors (Lipinski definition) is 0. The van der Waals surface area contributed by atoms with Crippen LogP contribution in [0.4, 0.5) is 0 Å². The fraction of sp³-hybridized carbons (Fsp3) is 0.286. The van der Waals surface area contributed by atoms with Crippen LogP contribution < -0.4 is 0 Å². The number of hydrogen-bond donors (Lipinski definition) is 0. The van der Waals surface area contributed by atoms with Gasteiger partial charge in [-0.05, 0) is 94.2 Å². The van der Waals surface area contributed by atoms with Crippen molar-refractivity contribution >= 4 is 86.7 Å². The monoisotopic (exact) mass is 1080 g/mol. The fourth-order valence-corrected chi connectivity index (χ4v) is 10.4. The van der Waals surface area contributed by atoms with Crippen LogP contribution in [0.1, 0.15) is 89.2 Å². The van der Waals surface area contributed by atoms with Gasteiger partial charge in [-0.3, -0.25) is 0 Å². The molecule has 0 unspecified atom stereocenters. The predicted molar refractivity (Wildman–Crippen MR) is 275 cm³/mol. The summed E-state index contributed by atoms with van der Waals surface area (Å²) in [4.78, 5) is 0. The Labute approximate surface area is 417 Å². The van der Waals surface area contributed by atoms with E-state index in [9.17, 15) is 0 Å². The van der Waals surface area contributed by atoms with Crippen LogP contribution in [-0.2, 0) is 54.5 Å². The number of benzene rings is 6. The van der Waals surface area contributed by atoms with Crippen LogP contribution in [0.25, 0.3) is 65.3 Å². The third-order valence-electron chi connectivity index (χ3n) is 13.7. The molecule has 0 saturated heterocycles. The second-order valence-corrected chi connectivity index (χ2v) is 25.3. The Morgan fingerprint density at radius 2 is 0.841 bits per heavy atom. The van der Waals surface area contributed by atoms with Gasteiger partial charge in [0, 0.05) is 0 Å². The van der Waals surface area contributed by atoms with Gasteiger partial charge in [-0.15, -0.1) is 69.1 Å². The minimum atomic E-state index is -0.826. The van der Waals surface area contributed by atoms with E-state index in [4.69, 9.17) is 34.1 Å². The normalized spacial score (nSPS) is 14.6. The predicted octanol–water partition coefficient (Wildman–Crippen LogP) is 18.8. The zero-order valence-corrected chi connectivity index (χ0v) is 45.7. The summed E-state index contributed by atoms with van der Waals surface area (Å²) in [5.41, 5.74) is 9.53. The average Bonchev–Trinajstić information content (AvgIpc) is 4.14. The molecule has 0 spiro atoms. The first-order valence-corrected chi connectivity index (χ1v) is 36.4. The molecule has 8 aromatic carbocycles. The molecule has 8 aromatic rings. The molecule has 0 nitrogen and oxygen atoms in total. The van der Waals surface area contributed by atoms with Crippen LogP contribution in [0.5, 0.6) is 0 Å². The molecule has 10 rings (SSSR count). The Morgan fingerprint density at radius 3 is 1.19 bits per heavy atom. The third-order valence-corrected chi connectivity index (χ3v) is 13.7. The molecular formula is C56H58Cl4SiZr2. The van der Waals surface area contributed by atoms with E-state index < -0.39 is 41.7 Å². The van der Waals surface area contributed by atoms with Gasteiger partial charge in [-0.1, -0.05) is 148 Å². The summed E-state index contributed by atoms with van der Waals surface area (Å²) in [6.07, 6.45) is 16.4. The van der Waals surface area contributed by atoms with Crippen LogP contribution in [0.15, 0.2) is 146 Å². The van der Waals surface area contributed by atoms with E-state index in [0.717, 1.165) is 0 Å². The van der Waals surface area contributed by atoms with E-state index >= 15 is 0 Å². The Morgan fingerprint density at radius 1 is 0.492 bits per heavy atom. The van der Waals surface area contributed by atoms with Crippen LogP contribution in [-0.4, -0.2) is 9.52 Å². The molecule has 2 aliphatic rings. The van der Waals surface area contributed by atoms with Crippen molar-refractivity contribution in [3.05, 3.63) is 170 Å². The Balaban J connectivity index is 0.000000177. The molecule has 0 aliphatic heterocycles. The maximum atomic E-state index is 4.93. The van der Waals surface area contributed by atoms with E-state index in [2.05, 4.69) is 173 Å². The quantitative estimate of drug-likeness (QED) is 0.105. The summed E-state index contributed by atoms with van der Waals surface area (Å²) >= 11 is -1.65. The Hall–Kier alpha value is -1.80. The van der Waals surface area contributed by atoms with Crippen molar-refractivity contribution in [3.63, 3.8) is 0 Å². The first-order valence-electron chi connectivity index (χ1n) is 22.3. The van der Waals surface area contributed by atoms with Gasteiger partial charge in [0.2, 0.25) is 0 Å². The molecular weight excluding hydrogens is 1020 g/mol. The van der Waals surface area contributed by atoms with Gasteiger partial charge in [0.1, 0.15) is 0 Å². The first kappa shape index (κ1) is 50.6. The van der Waals surface area contributed by atoms with Crippen LogP contribution >= 0.6 is 34.1 Å².